The number of ether oxygens (including phenoxy) is 2. The van der Waals surface area contributed by atoms with Crippen LogP contribution in [0.5, 0.6) is 11.5 Å². The maximum atomic E-state index is 11.0. The summed E-state index contributed by atoms with van der Waals surface area (Å²) < 4.78 is 11.0. The summed E-state index contributed by atoms with van der Waals surface area (Å²) in [6.07, 6.45) is 2.79. The van der Waals surface area contributed by atoms with Crippen molar-refractivity contribution in [2.24, 2.45) is 0 Å². The predicted molar refractivity (Wildman–Crippen MR) is 82.7 cm³/mol. The molecule has 0 aliphatic heterocycles. The van der Waals surface area contributed by atoms with Crippen LogP contribution in [0.25, 0.3) is 6.08 Å². The van der Waals surface area contributed by atoms with Gasteiger partial charge < -0.3 is 9.47 Å². The number of methoxy groups -OCH3 is 1. The minimum atomic E-state index is -0.594. The van der Waals surface area contributed by atoms with E-state index in [1.807, 2.05) is 30.3 Å². The Morgan fingerprint density at radius 3 is 2.64 bits per heavy atom. The van der Waals surface area contributed by atoms with Gasteiger partial charge in [-0.05, 0) is 29.3 Å². The molecule has 2 rings (SSSR count). The normalized spacial score (nSPS) is 10.5. The lowest BCUT2D eigenvalue weighted by Crippen LogP contribution is -2.14. The van der Waals surface area contributed by atoms with Crippen molar-refractivity contribution < 1.29 is 19.5 Å². The van der Waals surface area contributed by atoms with Crippen LogP contribution in [0.3, 0.4) is 0 Å². The third kappa shape index (κ3) is 4.36. The highest BCUT2D eigenvalue weighted by molar-refractivity contribution is 5.90. The number of nitrogens with one attached hydrogen (secondary N) is 1. The molecule has 5 nitrogen and oxygen atoms in total. The molecule has 0 heterocycles. The summed E-state index contributed by atoms with van der Waals surface area (Å²) in [5.41, 5.74) is 3.35. The van der Waals surface area contributed by atoms with Crippen LogP contribution >= 0.6 is 0 Å². The zero-order chi connectivity index (χ0) is 15.8. The van der Waals surface area contributed by atoms with Crippen molar-refractivity contribution in [1.82, 2.24) is 5.48 Å². The van der Waals surface area contributed by atoms with Crippen molar-refractivity contribution >= 4 is 12.0 Å². The first-order valence-corrected chi connectivity index (χ1v) is 6.70. The molecule has 0 spiro atoms. The highest BCUT2D eigenvalue weighted by atomic mass is 16.5. The summed E-state index contributed by atoms with van der Waals surface area (Å²) in [6, 6.07) is 15.2. The molecule has 2 N–H and O–H groups in total. The van der Waals surface area contributed by atoms with Gasteiger partial charge in [-0.15, -0.1) is 0 Å². The minimum Gasteiger partial charge on any atom is -0.493 e. The van der Waals surface area contributed by atoms with Gasteiger partial charge in [-0.2, -0.15) is 0 Å². The second kappa shape index (κ2) is 7.85. The first-order chi connectivity index (χ1) is 10.7. The molecule has 0 saturated heterocycles. The molecule has 5 heteroatoms. The number of hydrogen-bond acceptors (Lipinski definition) is 4. The number of hydroxylamine groups is 1. The molecule has 0 atom stereocenters. The molecule has 2 aromatic carbocycles. The van der Waals surface area contributed by atoms with Crippen LogP contribution in [0.2, 0.25) is 0 Å². The highest BCUT2D eigenvalue weighted by Crippen LogP contribution is 2.29. The van der Waals surface area contributed by atoms with Crippen LogP contribution in [-0.2, 0) is 11.4 Å². The van der Waals surface area contributed by atoms with E-state index in [0.717, 1.165) is 11.1 Å². The number of rotatable bonds is 6. The Bertz CT molecular complexity index is 653. The van der Waals surface area contributed by atoms with Crippen molar-refractivity contribution in [3.05, 3.63) is 65.7 Å². The Labute approximate surface area is 128 Å². The van der Waals surface area contributed by atoms with Crippen LogP contribution in [0.15, 0.2) is 54.6 Å². The van der Waals surface area contributed by atoms with E-state index in [-0.39, 0.29) is 0 Å². The van der Waals surface area contributed by atoms with E-state index in [9.17, 15) is 4.79 Å². The zero-order valence-corrected chi connectivity index (χ0v) is 12.2. The van der Waals surface area contributed by atoms with Crippen molar-refractivity contribution in [3.63, 3.8) is 0 Å². The maximum Gasteiger partial charge on any atom is 0.267 e. The summed E-state index contributed by atoms with van der Waals surface area (Å²) in [4.78, 5) is 11.0. The number of carbonyl (C=O) groups is 1. The topological polar surface area (TPSA) is 67.8 Å². The van der Waals surface area contributed by atoms with Crippen molar-refractivity contribution in [1.29, 1.82) is 0 Å². The Hall–Kier alpha value is -2.79. The van der Waals surface area contributed by atoms with Crippen molar-refractivity contribution in [3.8, 4) is 11.5 Å². The van der Waals surface area contributed by atoms with Gasteiger partial charge in [0, 0.05) is 6.08 Å². The van der Waals surface area contributed by atoms with Gasteiger partial charge in [-0.3, -0.25) is 10.0 Å². The van der Waals surface area contributed by atoms with Gasteiger partial charge in [0.25, 0.3) is 5.91 Å². The standard InChI is InChI=1S/C17H17NO4/c1-21-16-11-13(8-10-17(19)18-20)7-9-15(16)22-12-14-5-3-2-4-6-14/h2-11,20H,12H2,1H3,(H,18,19)/b10-8+. The molecule has 0 bridgehead atoms. The second-order valence-electron chi connectivity index (χ2n) is 4.49. The third-order valence-corrected chi connectivity index (χ3v) is 2.96. The van der Waals surface area contributed by atoms with Gasteiger partial charge in [0.1, 0.15) is 6.61 Å². The fraction of sp³-hybridized carbons (Fsp3) is 0.118. The van der Waals surface area contributed by atoms with E-state index in [2.05, 4.69) is 0 Å². The van der Waals surface area contributed by atoms with Gasteiger partial charge in [0.15, 0.2) is 11.5 Å². The van der Waals surface area contributed by atoms with E-state index >= 15 is 0 Å². The number of carbonyl (C=O) groups excluding carboxylic acids is 1. The van der Waals surface area contributed by atoms with Gasteiger partial charge in [0.2, 0.25) is 0 Å². The lowest BCUT2D eigenvalue weighted by atomic mass is 10.2. The van der Waals surface area contributed by atoms with Crippen molar-refractivity contribution in [2.75, 3.05) is 7.11 Å². The number of hydrogen-bond donors (Lipinski definition) is 2. The van der Waals surface area contributed by atoms with Gasteiger partial charge in [0.05, 0.1) is 7.11 Å². The third-order valence-electron chi connectivity index (χ3n) is 2.96. The fourth-order valence-electron chi connectivity index (χ4n) is 1.85. The Kier molecular flexibility index (Phi) is 5.57. The van der Waals surface area contributed by atoms with E-state index in [1.165, 1.54) is 11.6 Å². The van der Waals surface area contributed by atoms with Crippen LogP contribution in [0.1, 0.15) is 11.1 Å². The minimum absolute atomic E-state index is 0.444. The molecule has 0 fully saturated rings. The van der Waals surface area contributed by atoms with Crippen LogP contribution < -0.4 is 15.0 Å². The molecule has 22 heavy (non-hydrogen) atoms. The first-order valence-electron chi connectivity index (χ1n) is 6.70. The maximum absolute atomic E-state index is 11.0. The molecular formula is C17H17NO4. The lowest BCUT2D eigenvalue weighted by Gasteiger charge is -2.11. The monoisotopic (exact) mass is 299 g/mol. The highest BCUT2D eigenvalue weighted by Gasteiger charge is 2.05. The Morgan fingerprint density at radius 1 is 1.18 bits per heavy atom. The van der Waals surface area contributed by atoms with E-state index in [0.29, 0.717) is 18.1 Å². The first kappa shape index (κ1) is 15.6. The molecule has 0 saturated carbocycles. The Morgan fingerprint density at radius 2 is 1.95 bits per heavy atom. The van der Waals surface area contributed by atoms with Crippen LogP contribution in [0.4, 0.5) is 0 Å². The summed E-state index contributed by atoms with van der Waals surface area (Å²) in [5, 5.41) is 8.44. The van der Waals surface area contributed by atoms with Gasteiger partial charge >= 0.3 is 0 Å². The van der Waals surface area contributed by atoms with E-state index in [4.69, 9.17) is 14.7 Å². The predicted octanol–water partition coefficient (Wildman–Crippen LogP) is 2.79. The van der Waals surface area contributed by atoms with E-state index < -0.39 is 5.91 Å². The second-order valence-corrected chi connectivity index (χ2v) is 4.49. The smallest absolute Gasteiger partial charge is 0.267 e. The quantitative estimate of drug-likeness (QED) is 0.489. The number of benzene rings is 2. The molecular weight excluding hydrogens is 282 g/mol. The fourth-order valence-corrected chi connectivity index (χ4v) is 1.85. The SMILES string of the molecule is COc1cc(/C=C/C(=O)NO)ccc1OCc1ccccc1. The van der Waals surface area contributed by atoms with Crippen LogP contribution in [-0.4, -0.2) is 18.2 Å². The molecule has 1 amide bonds. The summed E-state index contributed by atoms with van der Waals surface area (Å²) in [5.74, 6) is 0.598. The summed E-state index contributed by atoms with van der Waals surface area (Å²) in [7, 11) is 1.55. The molecule has 0 aliphatic rings. The summed E-state index contributed by atoms with van der Waals surface area (Å²) in [6.45, 7) is 0.444. The molecule has 0 aliphatic carbocycles. The van der Waals surface area contributed by atoms with Crippen molar-refractivity contribution in [2.45, 2.75) is 6.61 Å². The molecule has 2 aromatic rings. The summed E-state index contributed by atoms with van der Waals surface area (Å²) >= 11 is 0. The average Bonchev–Trinajstić information content (AvgIpc) is 2.58. The van der Waals surface area contributed by atoms with Gasteiger partial charge in [-0.1, -0.05) is 36.4 Å². The van der Waals surface area contributed by atoms with Gasteiger partial charge in [-0.25, -0.2) is 5.48 Å². The Balaban J connectivity index is 2.09. The molecule has 114 valence electrons. The number of amides is 1. The largest absolute Gasteiger partial charge is 0.493 e. The average molecular weight is 299 g/mol. The lowest BCUT2D eigenvalue weighted by molar-refractivity contribution is -0.124. The van der Waals surface area contributed by atoms with Crippen LogP contribution in [0, 0.1) is 0 Å². The van der Waals surface area contributed by atoms with E-state index in [1.54, 1.807) is 31.4 Å². The zero-order valence-electron chi connectivity index (χ0n) is 12.2. The molecule has 0 aromatic heterocycles. The molecule has 0 unspecified atom stereocenters. The molecule has 0 radical (unpaired) electrons.